The lowest BCUT2D eigenvalue weighted by molar-refractivity contribution is -0.283. The topological polar surface area (TPSA) is 78.9 Å². The van der Waals surface area contributed by atoms with E-state index >= 15 is 0 Å². The number of carbonyl (C=O) groups is 3. The molecule has 0 heterocycles. The number of ether oxygens (including phenoxy) is 3. The van der Waals surface area contributed by atoms with Crippen molar-refractivity contribution in [3.8, 4) is 0 Å². The number of alkyl halides is 10. The first-order valence-corrected chi connectivity index (χ1v) is 8.21. The van der Waals surface area contributed by atoms with Crippen molar-refractivity contribution in [3.05, 3.63) is 12.2 Å². The van der Waals surface area contributed by atoms with Gasteiger partial charge >= 0.3 is 42.1 Å². The molecule has 0 aromatic carbocycles. The normalized spacial score (nSPS) is 13.4. The van der Waals surface area contributed by atoms with Crippen LogP contribution >= 0.6 is 0 Å². The maximum absolute atomic E-state index is 13.0. The van der Waals surface area contributed by atoms with Gasteiger partial charge < -0.3 is 14.2 Å². The predicted molar refractivity (Wildman–Crippen MR) is 82.4 cm³/mol. The van der Waals surface area contributed by atoms with Crippen LogP contribution in [0.3, 0.4) is 0 Å². The third kappa shape index (κ3) is 6.98. The van der Waals surface area contributed by atoms with Gasteiger partial charge in [0.05, 0.1) is 5.41 Å². The lowest BCUT2D eigenvalue weighted by Gasteiger charge is -2.32. The summed E-state index contributed by atoms with van der Waals surface area (Å²) in [6, 6.07) is 0. The van der Waals surface area contributed by atoms with Crippen molar-refractivity contribution in [1.29, 1.82) is 0 Å². The van der Waals surface area contributed by atoms with Crippen LogP contribution in [0, 0.1) is 5.41 Å². The van der Waals surface area contributed by atoms with Crippen LogP contribution in [0.1, 0.15) is 20.3 Å². The standard InChI is InChI=1S/C16H16F10O6/c1-4-12(5-30-9(27)8(2)3,6-31-10(28)13(17,18)15(21,22)23)7-32-11(29)14(19,20)16(24,25)26/h2,4-7H2,1,3H3. The molecule has 0 atom stereocenters. The highest BCUT2D eigenvalue weighted by molar-refractivity contribution is 5.87. The molecule has 0 rings (SSSR count). The molecular formula is C16H16F10O6. The molecule has 0 saturated heterocycles. The van der Waals surface area contributed by atoms with Crippen molar-refractivity contribution in [3.63, 3.8) is 0 Å². The smallest absolute Gasteiger partial charge is 0.461 e. The van der Waals surface area contributed by atoms with Crippen LogP contribution < -0.4 is 0 Å². The van der Waals surface area contributed by atoms with E-state index in [1.165, 1.54) is 0 Å². The molecule has 32 heavy (non-hydrogen) atoms. The maximum atomic E-state index is 13.0. The highest BCUT2D eigenvalue weighted by Crippen LogP contribution is 2.38. The van der Waals surface area contributed by atoms with Crippen LogP contribution in [0.15, 0.2) is 12.2 Å². The Morgan fingerprint density at radius 2 is 1.00 bits per heavy atom. The summed E-state index contributed by atoms with van der Waals surface area (Å²) < 4.78 is 138. The molecule has 0 radical (unpaired) electrons. The molecule has 0 spiro atoms. The fraction of sp³-hybridized carbons (Fsp3) is 0.688. The molecule has 0 aromatic heterocycles. The fourth-order valence-electron chi connectivity index (χ4n) is 1.62. The first-order chi connectivity index (χ1) is 14.1. The summed E-state index contributed by atoms with van der Waals surface area (Å²) in [4.78, 5) is 33.8. The average Bonchev–Trinajstić information content (AvgIpc) is 2.64. The zero-order valence-electron chi connectivity index (χ0n) is 16.3. The van der Waals surface area contributed by atoms with Gasteiger partial charge in [0, 0.05) is 5.57 Å². The summed E-state index contributed by atoms with van der Waals surface area (Å²) >= 11 is 0. The van der Waals surface area contributed by atoms with Crippen LogP contribution in [-0.2, 0) is 28.6 Å². The number of hydrogen-bond acceptors (Lipinski definition) is 6. The molecule has 0 saturated carbocycles. The highest BCUT2D eigenvalue weighted by atomic mass is 19.4. The number of hydrogen-bond donors (Lipinski definition) is 0. The Balaban J connectivity index is 5.70. The minimum absolute atomic E-state index is 0.267. The third-order valence-corrected chi connectivity index (χ3v) is 3.85. The molecule has 0 aromatic rings. The van der Waals surface area contributed by atoms with E-state index in [1.54, 1.807) is 0 Å². The van der Waals surface area contributed by atoms with Gasteiger partial charge in [-0.15, -0.1) is 0 Å². The molecule has 0 N–H and O–H groups in total. The Morgan fingerprint density at radius 1 is 0.688 bits per heavy atom. The van der Waals surface area contributed by atoms with Gasteiger partial charge in [-0.3, -0.25) is 0 Å². The molecule has 0 amide bonds. The average molecular weight is 494 g/mol. The van der Waals surface area contributed by atoms with Crippen molar-refractivity contribution in [2.24, 2.45) is 5.41 Å². The Morgan fingerprint density at radius 3 is 1.25 bits per heavy atom. The van der Waals surface area contributed by atoms with Gasteiger partial charge in [0.1, 0.15) is 19.8 Å². The monoisotopic (exact) mass is 494 g/mol. The molecule has 186 valence electrons. The lowest BCUT2D eigenvalue weighted by Crippen LogP contribution is -2.49. The third-order valence-electron chi connectivity index (χ3n) is 3.85. The van der Waals surface area contributed by atoms with Crippen molar-refractivity contribution in [2.75, 3.05) is 19.8 Å². The van der Waals surface area contributed by atoms with E-state index < -0.39 is 73.8 Å². The van der Waals surface area contributed by atoms with Crippen LogP contribution in [0.4, 0.5) is 43.9 Å². The van der Waals surface area contributed by atoms with Gasteiger partial charge in [0.2, 0.25) is 0 Å². The fourth-order valence-corrected chi connectivity index (χ4v) is 1.62. The summed E-state index contributed by atoms with van der Waals surface area (Å²) in [6.45, 7) is 1.15. The first kappa shape index (κ1) is 29.5. The van der Waals surface area contributed by atoms with Crippen molar-refractivity contribution >= 4 is 17.9 Å². The number of esters is 3. The molecular weight excluding hydrogens is 478 g/mol. The highest BCUT2D eigenvalue weighted by Gasteiger charge is 2.66. The van der Waals surface area contributed by atoms with Gasteiger partial charge in [-0.05, 0) is 13.3 Å². The van der Waals surface area contributed by atoms with E-state index in [9.17, 15) is 58.3 Å². The minimum Gasteiger partial charge on any atom is -0.461 e. The second kappa shape index (κ2) is 9.94. The number of carbonyl (C=O) groups excluding carboxylic acids is 3. The van der Waals surface area contributed by atoms with Crippen molar-refractivity contribution in [1.82, 2.24) is 0 Å². The second-order valence-corrected chi connectivity index (χ2v) is 6.51. The van der Waals surface area contributed by atoms with E-state index in [-0.39, 0.29) is 5.57 Å². The summed E-state index contributed by atoms with van der Waals surface area (Å²) in [5.74, 6) is -19.5. The van der Waals surface area contributed by atoms with Crippen LogP contribution in [0.25, 0.3) is 0 Å². The van der Waals surface area contributed by atoms with E-state index in [2.05, 4.69) is 20.8 Å². The Labute approximate surface area is 173 Å². The molecule has 0 fully saturated rings. The second-order valence-electron chi connectivity index (χ2n) is 6.51. The summed E-state index contributed by atoms with van der Waals surface area (Å²) in [5, 5.41) is 0. The van der Waals surface area contributed by atoms with E-state index in [0.29, 0.717) is 0 Å². The maximum Gasteiger partial charge on any atom is 0.465 e. The minimum atomic E-state index is -6.37. The van der Waals surface area contributed by atoms with Gasteiger partial charge in [0.15, 0.2) is 0 Å². The summed E-state index contributed by atoms with van der Waals surface area (Å²) in [5.41, 5.74) is -2.53. The SMILES string of the molecule is C=C(C)C(=O)OCC(CC)(COC(=O)C(F)(F)C(F)(F)F)COC(=O)C(F)(F)C(F)(F)F. The Hall–Kier alpha value is -2.55. The predicted octanol–water partition coefficient (Wildman–Crippen LogP) is 3.98. The van der Waals surface area contributed by atoms with Crippen molar-refractivity contribution < 1.29 is 72.5 Å². The molecule has 0 aliphatic heterocycles. The summed E-state index contributed by atoms with van der Waals surface area (Å²) in [6.07, 6.45) is -13.3. The molecule has 0 aliphatic carbocycles. The molecule has 0 bridgehead atoms. The van der Waals surface area contributed by atoms with Gasteiger partial charge in [-0.25, -0.2) is 14.4 Å². The van der Waals surface area contributed by atoms with Crippen LogP contribution in [0.2, 0.25) is 0 Å². The Kier molecular flexibility index (Phi) is 9.14. The number of rotatable bonds is 10. The molecule has 0 aliphatic rings. The summed E-state index contributed by atoms with van der Waals surface area (Å²) in [7, 11) is 0. The quantitative estimate of drug-likeness (QED) is 0.198. The van der Waals surface area contributed by atoms with Gasteiger partial charge in [-0.1, -0.05) is 13.5 Å². The van der Waals surface area contributed by atoms with Crippen LogP contribution in [-0.4, -0.2) is 61.9 Å². The van der Waals surface area contributed by atoms with Crippen LogP contribution in [0.5, 0.6) is 0 Å². The van der Waals surface area contributed by atoms with E-state index in [1.807, 2.05) is 0 Å². The van der Waals surface area contributed by atoms with Gasteiger partial charge in [-0.2, -0.15) is 43.9 Å². The zero-order chi connectivity index (χ0) is 25.8. The lowest BCUT2D eigenvalue weighted by atomic mass is 9.88. The molecule has 6 nitrogen and oxygen atoms in total. The number of halogens is 10. The molecule has 0 unspecified atom stereocenters. The van der Waals surface area contributed by atoms with Gasteiger partial charge in [0.25, 0.3) is 0 Å². The van der Waals surface area contributed by atoms with E-state index in [0.717, 1.165) is 13.8 Å². The zero-order valence-corrected chi connectivity index (χ0v) is 16.3. The van der Waals surface area contributed by atoms with E-state index in [4.69, 9.17) is 0 Å². The Bertz CT molecular complexity index is 684. The largest absolute Gasteiger partial charge is 0.465 e. The first-order valence-electron chi connectivity index (χ1n) is 8.21. The van der Waals surface area contributed by atoms with Crippen molar-refractivity contribution in [2.45, 2.75) is 44.5 Å². The molecule has 16 heteroatoms.